The first-order valence-electron chi connectivity index (χ1n) is 10.8. The Morgan fingerprint density at radius 2 is 1.70 bits per heavy atom. The molecule has 0 aliphatic heterocycles. The standard InChI is InChI=1S/C24H34N2O6S/c1-29-13-6-11-25(24(28)18-30-2)17-23(27)26(16-20-7-5-14-33-20)12-10-19-8-9-21(31-3)22(15-19)32-4/h5,7-9,14-15H,6,10-13,16-18H2,1-4H3. The van der Waals surface area contributed by atoms with E-state index in [2.05, 4.69) is 0 Å². The summed E-state index contributed by atoms with van der Waals surface area (Å²) in [5.74, 6) is 1.00. The molecular weight excluding hydrogens is 444 g/mol. The zero-order chi connectivity index (χ0) is 24.1. The van der Waals surface area contributed by atoms with Gasteiger partial charge in [0.2, 0.25) is 11.8 Å². The van der Waals surface area contributed by atoms with E-state index < -0.39 is 0 Å². The van der Waals surface area contributed by atoms with E-state index >= 15 is 0 Å². The highest BCUT2D eigenvalue weighted by Gasteiger charge is 2.22. The van der Waals surface area contributed by atoms with Gasteiger partial charge in [-0.25, -0.2) is 0 Å². The quantitative estimate of drug-likeness (QED) is 0.367. The number of thiophene rings is 1. The van der Waals surface area contributed by atoms with E-state index in [0.717, 1.165) is 10.4 Å². The SMILES string of the molecule is COCCCN(CC(=O)N(CCc1ccc(OC)c(OC)c1)Cc1cccs1)C(=O)COC. The molecule has 0 N–H and O–H groups in total. The van der Waals surface area contributed by atoms with Crippen molar-refractivity contribution in [3.05, 3.63) is 46.2 Å². The Morgan fingerprint density at radius 1 is 0.909 bits per heavy atom. The smallest absolute Gasteiger partial charge is 0.249 e. The Bertz CT molecular complexity index is 859. The number of hydrogen-bond acceptors (Lipinski definition) is 7. The summed E-state index contributed by atoms with van der Waals surface area (Å²) in [6.45, 7) is 1.90. The lowest BCUT2D eigenvalue weighted by atomic mass is 10.1. The highest BCUT2D eigenvalue weighted by molar-refractivity contribution is 7.09. The van der Waals surface area contributed by atoms with Gasteiger partial charge in [0.15, 0.2) is 11.5 Å². The van der Waals surface area contributed by atoms with Gasteiger partial charge in [0.05, 0.1) is 27.3 Å². The minimum atomic E-state index is -0.210. The highest BCUT2D eigenvalue weighted by Crippen LogP contribution is 2.27. The monoisotopic (exact) mass is 478 g/mol. The maximum absolute atomic E-state index is 13.3. The molecule has 2 aromatic rings. The van der Waals surface area contributed by atoms with Crippen molar-refractivity contribution in [2.75, 3.05) is 61.3 Å². The van der Waals surface area contributed by atoms with Crippen molar-refractivity contribution < 1.29 is 28.5 Å². The number of methoxy groups -OCH3 is 4. The Kier molecular flexibility index (Phi) is 11.7. The Morgan fingerprint density at radius 3 is 2.33 bits per heavy atom. The van der Waals surface area contributed by atoms with Gasteiger partial charge in [-0.15, -0.1) is 11.3 Å². The van der Waals surface area contributed by atoms with Crippen molar-refractivity contribution in [3.8, 4) is 11.5 Å². The van der Waals surface area contributed by atoms with Crippen LogP contribution in [-0.2, 0) is 32.0 Å². The Balaban J connectivity index is 2.12. The van der Waals surface area contributed by atoms with E-state index in [1.54, 1.807) is 42.5 Å². The number of amides is 2. The summed E-state index contributed by atoms with van der Waals surface area (Å²) in [5, 5.41) is 1.99. The predicted molar refractivity (Wildman–Crippen MR) is 128 cm³/mol. The van der Waals surface area contributed by atoms with Crippen LogP contribution in [-0.4, -0.2) is 82.9 Å². The van der Waals surface area contributed by atoms with E-state index in [0.29, 0.717) is 50.6 Å². The summed E-state index contributed by atoms with van der Waals surface area (Å²) in [5.41, 5.74) is 1.03. The molecular formula is C24H34N2O6S. The largest absolute Gasteiger partial charge is 0.493 e. The van der Waals surface area contributed by atoms with Crippen LogP contribution in [0.5, 0.6) is 11.5 Å². The van der Waals surface area contributed by atoms with Crippen molar-refractivity contribution in [1.82, 2.24) is 9.80 Å². The molecule has 0 atom stereocenters. The second-order valence-corrected chi connectivity index (χ2v) is 8.46. The molecule has 0 saturated carbocycles. The molecule has 1 heterocycles. The van der Waals surface area contributed by atoms with Crippen molar-refractivity contribution in [1.29, 1.82) is 0 Å². The van der Waals surface area contributed by atoms with Crippen molar-refractivity contribution in [2.24, 2.45) is 0 Å². The lowest BCUT2D eigenvalue weighted by Gasteiger charge is -2.27. The number of rotatable bonds is 15. The fraction of sp³-hybridized carbons (Fsp3) is 0.500. The van der Waals surface area contributed by atoms with E-state index in [9.17, 15) is 9.59 Å². The molecule has 0 radical (unpaired) electrons. The molecule has 0 fully saturated rings. The zero-order valence-corrected chi connectivity index (χ0v) is 20.7. The number of carbonyl (C=O) groups excluding carboxylic acids is 2. The average molecular weight is 479 g/mol. The van der Waals surface area contributed by atoms with Crippen molar-refractivity contribution in [3.63, 3.8) is 0 Å². The van der Waals surface area contributed by atoms with Crippen molar-refractivity contribution >= 4 is 23.2 Å². The molecule has 0 aliphatic rings. The molecule has 0 spiro atoms. The van der Waals surface area contributed by atoms with Crippen LogP contribution in [0.3, 0.4) is 0 Å². The van der Waals surface area contributed by atoms with Gasteiger partial charge >= 0.3 is 0 Å². The molecule has 1 aromatic carbocycles. The Labute approximate surface area is 200 Å². The van der Waals surface area contributed by atoms with Crippen LogP contribution in [0, 0.1) is 0 Å². The molecule has 2 rings (SSSR count). The molecule has 0 aliphatic carbocycles. The molecule has 0 saturated heterocycles. The summed E-state index contributed by atoms with van der Waals surface area (Å²) in [7, 11) is 6.29. The second kappa shape index (κ2) is 14.5. The van der Waals surface area contributed by atoms with Gasteiger partial charge in [-0.05, 0) is 42.0 Å². The summed E-state index contributed by atoms with van der Waals surface area (Å²) in [6.07, 6.45) is 1.29. The predicted octanol–water partition coefficient (Wildman–Crippen LogP) is 2.85. The first-order chi connectivity index (χ1) is 16.0. The fourth-order valence-electron chi connectivity index (χ4n) is 3.35. The van der Waals surface area contributed by atoms with E-state index in [-0.39, 0.29) is 25.0 Å². The summed E-state index contributed by atoms with van der Waals surface area (Å²) >= 11 is 1.60. The van der Waals surface area contributed by atoms with Gasteiger partial charge in [-0.3, -0.25) is 9.59 Å². The van der Waals surface area contributed by atoms with E-state index in [1.165, 1.54) is 7.11 Å². The first kappa shape index (κ1) is 26.6. The molecule has 9 heteroatoms. The topological polar surface area (TPSA) is 77.5 Å². The van der Waals surface area contributed by atoms with Gasteiger partial charge in [-0.1, -0.05) is 12.1 Å². The van der Waals surface area contributed by atoms with Gasteiger partial charge in [0.1, 0.15) is 6.61 Å². The molecule has 0 bridgehead atoms. The van der Waals surface area contributed by atoms with Crippen LogP contribution in [0.25, 0.3) is 0 Å². The maximum Gasteiger partial charge on any atom is 0.249 e. The first-order valence-corrected chi connectivity index (χ1v) is 11.7. The van der Waals surface area contributed by atoms with E-state index in [4.69, 9.17) is 18.9 Å². The van der Waals surface area contributed by atoms with E-state index in [1.807, 2.05) is 35.7 Å². The summed E-state index contributed by atoms with van der Waals surface area (Å²) in [6, 6.07) is 9.73. The third kappa shape index (κ3) is 8.68. The lowest BCUT2D eigenvalue weighted by Crippen LogP contribution is -2.44. The number of ether oxygens (including phenoxy) is 4. The summed E-state index contributed by atoms with van der Waals surface area (Å²) < 4.78 is 20.8. The minimum Gasteiger partial charge on any atom is -0.493 e. The average Bonchev–Trinajstić information content (AvgIpc) is 3.34. The molecule has 1 aromatic heterocycles. The van der Waals surface area contributed by atoms with Crippen LogP contribution in [0.2, 0.25) is 0 Å². The second-order valence-electron chi connectivity index (χ2n) is 7.43. The highest BCUT2D eigenvalue weighted by atomic mass is 32.1. The lowest BCUT2D eigenvalue weighted by molar-refractivity contribution is -0.143. The van der Waals surface area contributed by atoms with Crippen LogP contribution in [0.1, 0.15) is 16.9 Å². The molecule has 8 nitrogen and oxygen atoms in total. The normalized spacial score (nSPS) is 10.7. The third-order valence-corrected chi connectivity index (χ3v) is 5.98. The van der Waals surface area contributed by atoms with Gasteiger partial charge in [0.25, 0.3) is 0 Å². The molecule has 33 heavy (non-hydrogen) atoms. The summed E-state index contributed by atoms with van der Waals surface area (Å²) in [4.78, 5) is 30.2. The number of benzene rings is 1. The van der Waals surface area contributed by atoms with Crippen LogP contribution in [0.15, 0.2) is 35.7 Å². The van der Waals surface area contributed by atoms with Gasteiger partial charge in [-0.2, -0.15) is 0 Å². The molecule has 2 amide bonds. The maximum atomic E-state index is 13.3. The molecule has 0 unspecified atom stereocenters. The fourth-order valence-corrected chi connectivity index (χ4v) is 4.07. The van der Waals surface area contributed by atoms with Gasteiger partial charge < -0.3 is 28.7 Å². The number of nitrogens with zero attached hydrogens (tertiary/aromatic N) is 2. The zero-order valence-electron chi connectivity index (χ0n) is 19.9. The Hall–Kier alpha value is -2.62. The van der Waals surface area contributed by atoms with Crippen molar-refractivity contribution in [2.45, 2.75) is 19.4 Å². The van der Waals surface area contributed by atoms with Crippen LogP contribution >= 0.6 is 11.3 Å². The van der Waals surface area contributed by atoms with Crippen LogP contribution in [0.4, 0.5) is 0 Å². The number of hydrogen-bond donors (Lipinski definition) is 0. The van der Waals surface area contributed by atoms with Crippen LogP contribution < -0.4 is 9.47 Å². The van der Waals surface area contributed by atoms with Gasteiger partial charge in [0, 0.05) is 38.8 Å². The minimum absolute atomic E-state index is 0.00319. The third-order valence-electron chi connectivity index (χ3n) is 5.12. The molecule has 182 valence electrons. The number of carbonyl (C=O) groups is 2.